The minimum absolute atomic E-state index is 0.130. The third-order valence-electron chi connectivity index (χ3n) is 0.862. The van der Waals surface area contributed by atoms with Crippen LogP contribution in [0.15, 0.2) is 0 Å². The third kappa shape index (κ3) is 7.41. The van der Waals surface area contributed by atoms with Crippen LogP contribution in [0.2, 0.25) is 0 Å². The molecule has 0 aliphatic rings. The summed E-state index contributed by atoms with van der Waals surface area (Å²) in [7, 11) is -3.35. The van der Waals surface area contributed by atoms with Crippen LogP contribution in [0.3, 0.4) is 0 Å². The Kier molecular flexibility index (Phi) is 4.10. The van der Waals surface area contributed by atoms with Crippen molar-refractivity contribution in [2.45, 2.75) is 6.42 Å². The Labute approximate surface area is 69.5 Å². The van der Waals surface area contributed by atoms with E-state index < -0.39 is 16.4 Å². The van der Waals surface area contributed by atoms with Gasteiger partial charge < -0.3 is 5.11 Å². The van der Waals surface area contributed by atoms with Crippen LogP contribution in [0.25, 0.3) is 0 Å². The molecule has 0 bridgehead atoms. The van der Waals surface area contributed by atoms with E-state index in [0.29, 0.717) is 5.06 Å². The van der Waals surface area contributed by atoms with Crippen LogP contribution in [0.5, 0.6) is 0 Å². The summed E-state index contributed by atoms with van der Waals surface area (Å²) < 4.78 is 32.1. The van der Waals surface area contributed by atoms with Crippen molar-refractivity contribution in [3.8, 4) is 0 Å². The van der Waals surface area contributed by atoms with Gasteiger partial charge in [-0.2, -0.15) is 17.8 Å². The Balaban J connectivity index is 3.75. The SMILES string of the molecule is CN(CCC(=O)O)OS(=O)(=O)O. The van der Waals surface area contributed by atoms with Crippen LogP contribution < -0.4 is 0 Å². The molecular weight excluding hydrogens is 190 g/mol. The molecule has 0 unspecified atom stereocenters. The van der Waals surface area contributed by atoms with Gasteiger partial charge in [-0.1, -0.05) is 0 Å². The molecule has 0 fully saturated rings. The molecule has 7 nitrogen and oxygen atoms in total. The van der Waals surface area contributed by atoms with Gasteiger partial charge in [-0.15, -0.1) is 0 Å². The van der Waals surface area contributed by atoms with Crippen molar-refractivity contribution in [2.75, 3.05) is 13.6 Å². The number of hydroxylamine groups is 2. The van der Waals surface area contributed by atoms with Gasteiger partial charge in [0.2, 0.25) is 0 Å². The fraction of sp³-hybridized carbons (Fsp3) is 0.750. The van der Waals surface area contributed by atoms with Gasteiger partial charge in [-0.25, -0.2) is 0 Å². The average Bonchev–Trinajstić information content (AvgIpc) is 1.79. The quantitative estimate of drug-likeness (QED) is 0.438. The number of carboxylic acids is 1. The second kappa shape index (κ2) is 4.36. The lowest BCUT2D eigenvalue weighted by Crippen LogP contribution is -2.25. The molecule has 12 heavy (non-hydrogen) atoms. The third-order valence-corrected chi connectivity index (χ3v) is 1.30. The van der Waals surface area contributed by atoms with Crippen molar-refractivity contribution < 1.29 is 27.2 Å². The topological polar surface area (TPSA) is 104 Å². The van der Waals surface area contributed by atoms with E-state index >= 15 is 0 Å². The maximum absolute atomic E-state index is 10.0. The minimum atomic E-state index is -4.54. The zero-order chi connectivity index (χ0) is 9.78. The van der Waals surface area contributed by atoms with E-state index in [2.05, 4.69) is 4.28 Å². The van der Waals surface area contributed by atoms with Crippen LogP contribution >= 0.6 is 0 Å². The highest BCUT2D eigenvalue weighted by molar-refractivity contribution is 7.80. The molecule has 0 aromatic rings. The second-order valence-corrected chi connectivity index (χ2v) is 3.00. The first-order valence-electron chi connectivity index (χ1n) is 2.91. The zero-order valence-corrected chi connectivity index (χ0v) is 7.11. The maximum atomic E-state index is 10.0. The first-order chi connectivity index (χ1) is 5.31. The highest BCUT2D eigenvalue weighted by atomic mass is 32.3. The first-order valence-corrected chi connectivity index (χ1v) is 4.28. The van der Waals surface area contributed by atoms with Crippen LogP contribution in [-0.4, -0.2) is 42.7 Å². The molecule has 2 N–H and O–H groups in total. The smallest absolute Gasteiger partial charge is 0.413 e. The Morgan fingerprint density at radius 1 is 1.58 bits per heavy atom. The molecule has 0 aromatic heterocycles. The number of rotatable bonds is 5. The summed E-state index contributed by atoms with van der Waals surface area (Å²) in [5.41, 5.74) is 0. The number of aliphatic carboxylic acids is 1. The van der Waals surface area contributed by atoms with Crippen molar-refractivity contribution >= 4 is 16.4 Å². The van der Waals surface area contributed by atoms with Crippen LogP contribution in [-0.2, 0) is 19.5 Å². The Hall–Kier alpha value is -0.700. The van der Waals surface area contributed by atoms with Crippen molar-refractivity contribution in [3.63, 3.8) is 0 Å². The molecule has 0 aliphatic heterocycles. The summed E-state index contributed by atoms with van der Waals surface area (Å²) >= 11 is 0. The van der Waals surface area contributed by atoms with E-state index in [-0.39, 0.29) is 13.0 Å². The molecule has 0 atom stereocenters. The summed E-state index contributed by atoms with van der Waals surface area (Å²) in [5.74, 6) is -1.08. The summed E-state index contributed by atoms with van der Waals surface area (Å²) in [4.78, 5) is 9.98. The monoisotopic (exact) mass is 199 g/mol. The Morgan fingerprint density at radius 2 is 2.08 bits per heavy atom. The number of carbonyl (C=O) groups is 1. The fourth-order valence-corrected chi connectivity index (χ4v) is 0.847. The van der Waals surface area contributed by atoms with Gasteiger partial charge in [0, 0.05) is 13.6 Å². The van der Waals surface area contributed by atoms with Gasteiger partial charge >= 0.3 is 16.4 Å². The predicted molar refractivity (Wildman–Crippen MR) is 37.5 cm³/mol. The molecule has 0 amide bonds. The van der Waals surface area contributed by atoms with Gasteiger partial charge in [0.05, 0.1) is 6.42 Å². The number of carboxylic acid groups (broad SMARTS) is 1. The molecule has 0 saturated carbocycles. The molecule has 0 saturated heterocycles. The van der Waals surface area contributed by atoms with Gasteiger partial charge in [-0.05, 0) is 0 Å². The molecule has 0 aromatic carbocycles. The highest BCUT2D eigenvalue weighted by Crippen LogP contribution is 1.93. The van der Waals surface area contributed by atoms with E-state index in [1.165, 1.54) is 7.05 Å². The predicted octanol–water partition coefficient (Wildman–Crippen LogP) is -0.873. The fourth-order valence-electron chi connectivity index (χ4n) is 0.451. The van der Waals surface area contributed by atoms with Crippen LogP contribution in [0.4, 0.5) is 0 Å². The number of hydrogen-bond acceptors (Lipinski definition) is 5. The minimum Gasteiger partial charge on any atom is -0.481 e. The molecule has 8 heteroatoms. The molecule has 0 rings (SSSR count). The first kappa shape index (κ1) is 11.3. The molecule has 0 aliphatic carbocycles. The summed E-state index contributed by atoms with van der Waals surface area (Å²) in [6, 6.07) is 0. The summed E-state index contributed by atoms with van der Waals surface area (Å²) in [5, 5.41) is 8.88. The number of nitrogens with zero attached hydrogens (tertiary/aromatic N) is 1. The lowest BCUT2D eigenvalue weighted by molar-refractivity contribution is -0.139. The van der Waals surface area contributed by atoms with Crippen LogP contribution in [0.1, 0.15) is 6.42 Å². The maximum Gasteiger partial charge on any atom is 0.413 e. The standard InChI is InChI=1S/C4H9NO6S/c1-5(3-2-4(6)7)11-12(8,9)10/h2-3H2,1H3,(H,6,7)(H,8,9,10). The normalized spacial score (nSPS) is 11.9. The van der Waals surface area contributed by atoms with Gasteiger partial charge in [-0.3, -0.25) is 9.35 Å². The van der Waals surface area contributed by atoms with Crippen molar-refractivity contribution in [1.29, 1.82) is 0 Å². The van der Waals surface area contributed by atoms with Crippen LogP contribution in [0, 0.1) is 0 Å². The van der Waals surface area contributed by atoms with Crippen molar-refractivity contribution in [3.05, 3.63) is 0 Å². The highest BCUT2D eigenvalue weighted by Gasteiger charge is 2.10. The lowest BCUT2D eigenvalue weighted by atomic mass is 10.4. The average molecular weight is 199 g/mol. The molecular formula is C4H9NO6S. The second-order valence-electron chi connectivity index (χ2n) is 2.00. The van der Waals surface area contributed by atoms with E-state index in [0.717, 1.165) is 0 Å². The molecule has 0 spiro atoms. The molecule has 0 radical (unpaired) electrons. The summed E-state index contributed by atoms with van der Waals surface area (Å²) in [6.07, 6.45) is -0.272. The Morgan fingerprint density at radius 3 is 2.42 bits per heavy atom. The molecule has 72 valence electrons. The van der Waals surface area contributed by atoms with E-state index in [9.17, 15) is 13.2 Å². The number of hydrogen-bond donors (Lipinski definition) is 2. The summed E-state index contributed by atoms with van der Waals surface area (Å²) in [6.45, 7) is -0.130. The molecule has 0 heterocycles. The van der Waals surface area contributed by atoms with E-state index in [1.807, 2.05) is 0 Å². The zero-order valence-electron chi connectivity index (χ0n) is 6.30. The van der Waals surface area contributed by atoms with Crippen molar-refractivity contribution in [2.24, 2.45) is 0 Å². The van der Waals surface area contributed by atoms with Crippen molar-refractivity contribution in [1.82, 2.24) is 5.06 Å². The van der Waals surface area contributed by atoms with Gasteiger partial charge in [0.15, 0.2) is 0 Å². The van der Waals surface area contributed by atoms with E-state index in [4.69, 9.17) is 9.66 Å². The lowest BCUT2D eigenvalue weighted by Gasteiger charge is -2.11. The largest absolute Gasteiger partial charge is 0.481 e. The van der Waals surface area contributed by atoms with Gasteiger partial charge in [0.25, 0.3) is 0 Å². The Bertz CT molecular complexity index is 246. The van der Waals surface area contributed by atoms with E-state index in [1.54, 1.807) is 0 Å². The van der Waals surface area contributed by atoms with Gasteiger partial charge in [0.1, 0.15) is 0 Å².